The number of Topliss-reactive ketones (excluding diaryl/α,β-unsaturated/α-hetero) is 1. The average Bonchev–Trinajstić information content (AvgIpc) is 2.35. The van der Waals surface area contributed by atoms with E-state index in [-0.39, 0.29) is 12.4 Å². The second kappa shape index (κ2) is 2.77. The van der Waals surface area contributed by atoms with Crippen LogP contribution in [0.2, 0.25) is 0 Å². The van der Waals surface area contributed by atoms with E-state index in [1.165, 1.54) is 0 Å². The molecule has 0 aliphatic carbocycles. The molecule has 0 N–H and O–H groups in total. The third kappa shape index (κ3) is 1.49. The Morgan fingerprint density at radius 1 is 1.31 bits per heavy atom. The van der Waals surface area contributed by atoms with Crippen LogP contribution in [0, 0.1) is 0 Å². The predicted octanol–water partition coefficient (Wildman–Crippen LogP) is 0.845. The first-order chi connectivity index (χ1) is 6.04. The molecule has 2 aliphatic rings. The molecule has 0 bridgehead atoms. The molecule has 1 atom stereocenters. The Kier molecular flexibility index (Phi) is 1.94. The van der Waals surface area contributed by atoms with Gasteiger partial charge in [-0.25, -0.2) is 0 Å². The fourth-order valence-electron chi connectivity index (χ4n) is 1.67. The van der Waals surface area contributed by atoms with Gasteiger partial charge in [-0.3, -0.25) is 4.79 Å². The van der Waals surface area contributed by atoms with Crippen LogP contribution in [-0.4, -0.2) is 30.6 Å². The van der Waals surface area contributed by atoms with Gasteiger partial charge in [-0.05, 0) is 20.3 Å². The predicted molar refractivity (Wildman–Crippen MR) is 44.0 cm³/mol. The van der Waals surface area contributed by atoms with Gasteiger partial charge in [0.2, 0.25) is 0 Å². The smallest absolute Gasteiger partial charge is 0.255 e. The van der Waals surface area contributed by atoms with Crippen LogP contribution in [0.5, 0.6) is 0 Å². The van der Waals surface area contributed by atoms with Gasteiger partial charge in [-0.2, -0.15) is 0 Å². The molecular weight excluding hydrogens is 172 g/mol. The van der Waals surface area contributed by atoms with Crippen molar-refractivity contribution in [2.45, 2.75) is 38.3 Å². The number of hydrogen-bond donors (Lipinski definition) is 0. The standard InChI is InChI=1S/C9H14O4/c1-8(2)12-6-9(13-8)7(10)4-3-5-11-9/h3-6H2,1-2H3/t9-/m0/s1. The molecule has 0 aromatic rings. The molecule has 13 heavy (non-hydrogen) atoms. The lowest BCUT2D eigenvalue weighted by Gasteiger charge is -2.30. The summed E-state index contributed by atoms with van der Waals surface area (Å²) >= 11 is 0. The SMILES string of the molecule is CC1(C)OC[C@]2(OCCCC2=O)O1. The molecule has 2 aliphatic heterocycles. The fourth-order valence-corrected chi connectivity index (χ4v) is 1.67. The topological polar surface area (TPSA) is 44.8 Å². The molecule has 1 spiro atoms. The molecule has 2 saturated heterocycles. The van der Waals surface area contributed by atoms with Crippen molar-refractivity contribution in [3.8, 4) is 0 Å². The summed E-state index contributed by atoms with van der Waals surface area (Å²) in [6.45, 7) is 4.37. The third-order valence-electron chi connectivity index (χ3n) is 2.33. The highest BCUT2D eigenvalue weighted by molar-refractivity contribution is 5.86. The largest absolute Gasteiger partial charge is 0.344 e. The van der Waals surface area contributed by atoms with E-state index in [9.17, 15) is 4.79 Å². The minimum absolute atomic E-state index is 0.00400. The summed E-state index contributed by atoms with van der Waals surface area (Å²) in [5.74, 6) is -1.79. The van der Waals surface area contributed by atoms with Gasteiger partial charge in [-0.15, -0.1) is 0 Å². The quantitative estimate of drug-likeness (QED) is 0.562. The molecule has 2 fully saturated rings. The van der Waals surface area contributed by atoms with E-state index in [0.29, 0.717) is 13.0 Å². The van der Waals surface area contributed by atoms with Crippen molar-refractivity contribution in [1.82, 2.24) is 0 Å². The van der Waals surface area contributed by atoms with Crippen LogP contribution in [-0.2, 0) is 19.0 Å². The summed E-state index contributed by atoms with van der Waals surface area (Å²) in [4.78, 5) is 11.6. The first kappa shape index (κ1) is 9.12. The van der Waals surface area contributed by atoms with E-state index < -0.39 is 11.6 Å². The highest BCUT2D eigenvalue weighted by Crippen LogP contribution is 2.35. The Labute approximate surface area is 77.1 Å². The number of ether oxygens (including phenoxy) is 3. The molecule has 2 heterocycles. The molecular formula is C9H14O4. The highest BCUT2D eigenvalue weighted by atomic mass is 16.8. The maximum Gasteiger partial charge on any atom is 0.255 e. The van der Waals surface area contributed by atoms with Gasteiger partial charge in [0.15, 0.2) is 11.6 Å². The van der Waals surface area contributed by atoms with Crippen LogP contribution in [0.4, 0.5) is 0 Å². The van der Waals surface area contributed by atoms with Gasteiger partial charge in [-0.1, -0.05) is 0 Å². The van der Waals surface area contributed by atoms with Crippen LogP contribution in [0.25, 0.3) is 0 Å². The zero-order valence-corrected chi connectivity index (χ0v) is 7.96. The van der Waals surface area contributed by atoms with E-state index in [1.807, 2.05) is 0 Å². The van der Waals surface area contributed by atoms with Crippen molar-refractivity contribution in [1.29, 1.82) is 0 Å². The number of ketones is 1. The Bertz CT molecular complexity index is 236. The zero-order chi connectivity index (χ0) is 9.53. The van der Waals surface area contributed by atoms with E-state index in [2.05, 4.69) is 0 Å². The second-order valence-corrected chi connectivity index (χ2v) is 3.92. The molecule has 0 aromatic heterocycles. The minimum atomic E-state index is -1.10. The van der Waals surface area contributed by atoms with Crippen LogP contribution < -0.4 is 0 Å². The Balaban J connectivity index is 2.16. The summed E-state index contributed by atoms with van der Waals surface area (Å²) in [6.07, 6.45) is 1.31. The van der Waals surface area contributed by atoms with Gasteiger partial charge in [0.25, 0.3) is 5.79 Å². The first-order valence-corrected chi connectivity index (χ1v) is 4.56. The van der Waals surface area contributed by atoms with Crippen molar-refractivity contribution in [3.63, 3.8) is 0 Å². The molecule has 74 valence electrons. The molecule has 0 saturated carbocycles. The second-order valence-electron chi connectivity index (χ2n) is 3.92. The highest BCUT2D eigenvalue weighted by Gasteiger charge is 2.52. The first-order valence-electron chi connectivity index (χ1n) is 4.56. The van der Waals surface area contributed by atoms with Crippen molar-refractivity contribution < 1.29 is 19.0 Å². The summed E-state index contributed by atoms with van der Waals surface area (Å²) in [7, 11) is 0. The van der Waals surface area contributed by atoms with Crippen molar-refractivity contribution >= 4 is 5.78 Å². The Morgan fingerprint density at radius 2 is 2.08 bits per heavy atom. The van der Waals surface area contributed by atoms with E-state index in [1.54, 1.807) is 13.8 Å². The summed E-state index contributed by atoms with van der Waals surface area (Å²) in [5, 5.41) is 0. The molecule has 0 amide bonds. The molecule has 4 nitrogen and oxygen atoms in total. The lowest BCUT2D eigenvalue weighted by atomic mass is 10.1. The lowest BCUT2D eigenvalue weighted by molar-refractivity contribution is -0.250. The van der Waals surface area contributed by atoms with Gasteiger partial charge in [0, 0.05) is 6.42 Å². The fraction of sp³-hybridized carbons (Fsp3) is 0.889. The van der Waals surface area contributed by atoms with Gasteiger partial charge < -0.3 is 14.2 Å². The number of carbonyl (C=O) groups excluding carboxylic acids is 1. The molecule has 4 heteroatoms. The van der Waals surface area contributed by atoms with Crippen molar-refractivity contribution in [2.24, 2.45) is 0 Å². The van der Waals surface area contributed by atoms with Gasteiger partial charge >= 0.3 is 0 Å². The third-order valence-corrected chi connectivity index (χ3v) is 2.33. The van der Waals surface area contributed by atoms with Crippen LogP contribution in [0.1, 0.15) is 26.7 Å². The summed E-state index contributed by atoms with van der Waals surface area (Å²) < 4.78 is 16.2. The maximum absolute atomic E-state index is 11.6. The van der Waals surface area contributed by atoms with Gasteiger partial charge in [0.05, 0.1) is 6.61 Å². The average molecular weight is 186 g/mol. The van der Waals surface area contributed by atoms with E-state index in [0.717, 1.165) is 6.42 Å². The Morgan fingerprint density at radius 3 is 2.62 bits per heavy atom. The van der Waals surface area contributed by atoms with Crippen LogP contribution in [0.3, 0.4) is 0 Å². The number of rotatable bonds is 0. The molecule has 0 radical (unpaired) electrons. The van der Waals surface area contributed by atoms with Crippen LogP contribution >= 0.6 is 0 Å². The molecule has 2 rings (SSSR count). The monoisotopic (exact) mass is 186 g/mol. The lowest BCUT2D eigenvalue weighted by Crippen LogP contribution is -2.48. The van der Waals surface area contributed by atoms with Crippen molar-refractivity contribution in [2.75, 3.05) is 13.2 Å². The summed E-state index contributed by atoms with van der Waals surface area (Å²) in [5.41, 5.74) is 0. The normalized spacial score (nSPS) is 38.5. The van der Waals surface area contributed by atoms with Crippen molar-refractivity contribution in [3.05, 3.63) is 0 Å². The van der Waals surface area contributed by atoms with E-state index >= 15 is 0 Å². The number of hydrogen-bond acceptors (Lipinski definition) is 4. The zero-order valence-electron chi connectivity index (χ0n) is 7.96. The van der Waals surface area contributed by atoms with E-state index in [4.69, 9.17) is 14.2 Å². The molecule has 0 unspecified atom stereocenters. The van der Waals surface area contributed by atoms with Gasteiger partial charge in [0.1, 0.15) is 6.61 Å². The Hall–Kier alpha value is -0.450. The molecule has 0 aromatic carbocycles. The summed E-state index contributed by atoms with van der Waals surface area (Å²) in [6, 6.07) is 0. The minimum Gasteiger partial charge on any atom is -0.344 e. The number of carbonyl (C=O) groups is 1. The van der Waals surface area contributed by atoms with Crippen LogP contribution in [0.15, 0.2) is 0 Å². The maximum atomic E-state index is 11.6.